The number of sulfonamides is 1. The predicted molar refractivity (Wildman–Crippen MR) is 107 cm³/mol. The van der Waals surface area contributed by atoms with E-state index in [-0.39, 0.29) is 16.8 Å². The number of halogens is 2. The average molecular weight is 449 g/mol. The molecule has 0 unspecified atom stereocenters. The van der Waals surface area contributed by atoms with Crippen molar-refractivity contribution in [2.45, 2.75) is 18.7 Å². The zero-order valence-corrected chi connectivity index (χ0v) is 17.1. The molecule has 11 heteroatoms. The fourth-order valence-corrected chi connectivity index (χ4v) is 3.73. The Morgan fingerprint density at radius 1 is 0.871 bits per heavy atom. The number of hydrogen-bond acceptors (Lipinski definition) is 5. The highest BCUT2D eigenvalue weighted by atomic mass is 32.2. The predicted octanol–water partition coefficient (Wildman–Crippen LogP) is 3.05. The number of carbonyl (C=O) groups excluding carboxylic acids is 2. The van der Waals surface area contributed by atoms with Gasteiger partial charge in [-0.1, -0.05) is 0 Å². The van der Waals surface area contributed by atoms with E-state index in [1.54, 1.807) is 13.8 Å². The molecule has 0 saturated heterocycles. The largest absolute Gasteiger partial charge is 0.466 e. The van der Waals surface area contributed by atoms with Gasteiger partial charge in [0.1, 0.15) is 11.5 Å². The van der Waals surface area contributed by atoms with Gasteiger partial charge in [0, 0.05) is 11.3 Å². The van der Waals surface area contributed by atoms with Crippen molar-refractivity contribution in [3.8, 4) is 0 Å². The summed E-state index contributed by atoms with van der Waals surface area (Å²) in [7, 11) is -4.16. The second-order valence-electron chi connectivity index (χ2n) is 6.49. The van der Waals surface area contributed by atoms with Crippen molar-refractivity contribution in [1.82, 2.24) is 10.9 Å². The summed E-state index contributed by atoms with van der Waals surface area (Å²) >= 11 is 0. The Hall–Kier alpha value is -3.73. The minimum Gasteiger partial charge on any atom is -0.466 e. The first-order valence-electron chi connectivity index (χ1n) is 8.82. The number of rotatable bonds is 5. The monoisotopic (exact) mass is 449 g/mol. The fourth-order valence-electron chi connectivity index (χ4n) is 2.66. The molecule has 0 fully saturated rings. The molecule has 0 atom stereocenters. The number of nitrogens with one attached hydrogen (secondary N) is 3. The first-order valence-corrected chi connectivity index (χ1v) is 10.3. The Balaban J connectivity index is 1.64. The van der Waals surface area contributed by atoms with Crippen molar-refractivity contribution < 1.29 is 31.2 Å². The smallest absolute Gasteiger partial charge is 0.273 e. The van der Waals surface area contributed by atoms with Gasteiger partial charge in [-0.3, -0.25) is 25.2 Å². The van der Waals surface area contributed by atoms with Crippen LogP contribution in [-0.2, 0) is 10.0 Å². The van der Waals surface area contributed by atoms with Crippen molar-refractivity contribution in [3.63, 3.8) is 0 Å². The molecule has 0 radical (unpaired) electrons. The maximum Gasteiger partial charge on any atom is 0.273 e. The molecule has 0 spiro atoms. The van der Waals surface area contributed by atoms with Crippen molar-refractivity contribution in [2.24, 2.45) is 0 Å². The fraction of sp³-hybridized carbons (Fsp3) is 0.100. The van der Waals surface area contributed by atoms with Crippen LogP contribution < -0.4 is 15.6 Å². The molecule has 3 aromatic rings. The first-order chi connectivity index (χ1) is 14.6. The molecule has 31 heavy (non-hydrogen) atoms. The third kappa shape index (κ3) is 5.07. The zero-order chi connectivity index (χ0) is 22.8. The van der Waals surface area contributed by atoms with E-state index in [1.165, 1.54) is 30.3 Å². The second kappa shape index (κ2) is 8.56. The highest BCUT2D eigenvalue weighted by molar-refractivity contribution is 7.92. The number of aryl methyl sites for hydroxylation is 2. The average Bonchev–Trinajstić information content (AvgIpc) is 3.06. The lowest BCUT2D eigenvalue weighted by atomic mass is 10.2. The van der Waals surface area contributed by atoms with E-state index in [4.69, 9.17) is 4.42 Å². The lowest BCUT2D eigenvalue weighted by Gasteiger charge is -2.10. The van der Waals surface area contributed by atoms with Crippen LogP contribution in [0.1, 0.15) is 32.2 Å². The van der Waals surface area contributed by atoms with E-state index in [9.17, 15) is 26.8 Å². The number of hydrazine groups is 1. The number of carbonyl (C=O) groups is 2. The van der Waals surface area contributed by atoms with Gasteiger partial charge >= 0.3 is 0 Å². The molecule has 0 aliphatic carbocycles. The normalized spacial score (nSPS) is 11.1. The maximum absolute atomic E-state index is 13.3. The van der Waals surface area contributed by atoms with E-state index in [1.807, 2.05) is 0 Å². The summed E-state index contributed by atoms with van der Waals surface area (Å²) in [5.74, 6) is -2.70. The number of benzene rings is 2. The first kappa shape index (κ1) is 22.0. The van der Waals surface area contributed by atoms with Crippen LogP contribution in [0.4, 0.5) is 14.5 Å². The Morgan fingerprint density at radius 3 is 2.10 bits per heavy atom. The third-order valence-corrected chi connectivity index (χ3v) is 5.55. The van der Waals surface area contributed by atoms with E-state index in [0.29, 0.717) is 23.7 Å². The van der Waals surface area contributed by atoms with Crippen LogP contribution in [0.2, 0.25) is 0 Å². The highest BCUT2D eigenvalue weighted by Gasteiger charge is 2.18. The molecule has 2 aromatic carbocycles. The molecule has 1 heterocycles. The van der Waals surface area contributed by atoms with Crippen molar-refractivity contribution in [3.05, 3.63) is 82.8 Å². The number of furan rings is 1. The van der Waals surface area contributed by atoms with Crippen LogP contribution >= 0.6 is 0 Å². The summed E-state index contributed by atoms with van der Waals surface area (Å²) < 4.78 is 58.3. The zero-order valence-electron chi connectivity index (χ0n) is 16.3. The van der Waals surface area contributed by atoms with Gasteiger partial charge < -0.3 is 4.42 Å². The standard InChI is InChI=1S/C20H17F2N3O5S/c1-11-9-16(12(2)30-11)20(27)24-23-19(26)13-3-5-14(6-4-13)25-31(28,29)15-7-8-17(21)18(22)10-15/h3-10,25H,1-2H3,(H,23,26)(H,24,27). The summed E-state index contributed by atoms with van der Waals surface area (Å²) in [5.41, 5.74) is 5.01. The van der Waals surface area contributed by atoms with Gasteiger partial charge in [0.25, 0.3) is 21.8 Å². The van der Waals surface area contributed by atoms with Gasteiger partial charge in [-0.2, -0.15) is 0 Å². The summed E-state index contributed by atoms with van der Waals surface area (Å²) in [6, 6.07) is 8.97. The van der Waals surface area contributed by atoms with Gasteiger partial charge in [0.2, 0.25) is 0 Å². The number of anilines is 1. The molecule has 1 aromatic heterocycles. The molecule has 162 valence electrons. The lowest BCUT2D eigenvalue weighted by Crippen LogP contribution is -2.41. The molecular formula is C20H17F2N3O5S. The Bertz CT molecular complexity index is 1250. The number of hydrogen-bond donors (Lipinski definition) is 3. The minimum atomic E-state index is -4.16. The minimum absolute atomic E-state index is 0.0924. The van der Waals surface area contributed by atoms with Crippen LogP contribution in [0.5, 0.6) is 0 Å². The van der Waals surface area contributed by atoms with Crippen LogP contribution in [0.15, 0.2) is 57.8 Å². The Morgan fingerprint density at radius 2 is 1.52 bits per heavy atom. The highest BCUT2D eigenvalue weighted by Crippen LogP contribution is 2.19. The molecule has 3 N–H and O–H groups in total. The molecule has 0 aliphatic heterocycles. The van der Waals surface area contributed by atoms with Gasteiger partial charge in [-0.25, -0.2) is 17.2 Å². The van der Waals surface area contributed by atoms with Gasteiger partial charge in [0.05, 0.1) is 10.5 Å². The summed E-state index contributed by atoms with van der Waals surface area (Å²) in [6.45, 7) is 3.30. The van der Waals surface area contributed by atoms with Gasteiger partial charge in [0.15, 0.2) is 11.6 Å². The maximum atomic E-state index is 13.3. The second-order valence-corrected chi connectivity index (χ2v) is 8.18. The molecule has 0 saturated carbocycles. The topological polar surface area (TPSA) is 118 Å². The molecule has 2 amide bonds. The van der Waals surface area contributed by atoms with Crippen LogP contribution in [0, 0.1) is 25.5 Å². The van der Waals surface area contributed by atoms with Crippen molar-refractivity contribution in [1.29, 1.82) is 0 Å². The van der Waals surface area contributed by atoms with Crippen molar-refractivity contribution >= 4 is 27.5 Å². The summed E-state index contributed by atoms with van der Waals surface area (Å²) in [4.78, 5) is 23.8. The molecule has 0 bridgehead atoms. The summed E-state index contributed by atoms with van der Waals surface area (Å²) in [6.07, 6.45) is 0. The SMILES string of the molecule is Cc1cc(C(=O)NNC(=O)c2ccc(NS(=O)(=O)c3ccc(F)c(F)c3)cc2)c(C)o1. The van der Waals surface area contributed by atoms with E-state index in [0.717, 1.165) is 6.07 Å². The van der Waals surface area contributed by atoms with Gasteiger partial charge in [-0.15, -0.1) is 0 Å². The number of amides is 2. The van der Waals surface area contributed by atoms with Crippen LogP contribution in [0.25, 0.3) is 0 Å². The van der Waals surface area contributed by atoms with Crippen molar-refractivity contribution in [2.75, 3.05) is 4.72 Å². The van der Waals surface area contributed by atoms with E-state index in [2.05, 4.69) is 15.6 Å². The third-order valence-electron chi connectivity index (χ3n) is 4.18. The molecule has 8 nitrogen and oxygen atoms in total. The van der Waals surface area contributed by atoms with Gasteiger partial charge in [-0.05, 0) is 62.4 Å². The molecule has 0 aliphatic rings. The van der Waals surface area contributed by atoms with Crippen LogP contribution in [0.3, 0.4) is 0 Å². The van der Waals surface area contributed by atoms with E-state index >= 15 is 0 Å². The Labute approximate surface area is 176 Å². The molecular weight excluding hydrogens is 432 g/mol. The van der Waals surface area contributed by atoms with E-state index < -0.39 is 38.4 Å². The quantitative estimate of drug-likeness (QED) is 0.518. The Kier molecular flexibility index (Phi) is 6.07. The van der Waals surface area contributed by atoms with Crippen LogP contribution in [-0.4, -0.2) is 20.2 Å². The summed E-state index contributed by atoms with van der Waals surface area (Å²) in [5, 5.41) is 0. The lowest BCUT2D eigenvalue weighted by molar-refractivity contribution is 0.0845. The molecule has 3 rings (SSSR count).